The first-order valence-electron chi connectivity index (χ1n) is 10.6. The van der Waals surface area contributed by atoms with E-state index in [1.54, 1.807) is 6.07 Å². The molecule has 1 saturated heterocycles. The van der Waals surface area contributed by atoms with E-state index in [9.17, 15) is 9.18 Å². The van der Waals surface area contributed by atoms with Crippen molar-refractivity contribution < 1.29 is 9.18 Å². The highest BCUT2D eigenvalue weighted by Gasteiger charge is 2.26. The molecule has 0 N–H and O–H groups in total. The van der Waals surface area contributed by atoms with Gasteiger partial charge in [-0.05, 0) is 64.7 Å². The Morgan fingerprint density at radius 1 is 1.21 bits per heavy atom. The Bertz CT molecular complexity index is 688. The van der Waals surface area contributed by atoms with Gasteiger partial charge in [0, 0.05) is 43.9 Å². The van der Waals surface area contributed by atoms with E-state index < -0.39 is 0 Å². The Hall–Kier alpha value is -1.72. The quantitative estimate of drug-likeness (QED) is 0.683. The first-order valence-corrected chi connectivity index (χ1v) is 10.6. The summed E-state index contributed by atoms with van der Waals surface area (Å²) in [7, 11) is 4.10. The summed E-state index contributed by atoms with van der Waals surface area (Å²) in [6.07, 6.45) is 7.42. The second-order valence-corrected chi connectivity index (χ2v) is 8.51. The Morgan fingerprint density at radius 3 is 2.75 bits per heavy atom. The number of carbonyl (C=O) groups is 1. The van der Waals surface area contributed by atoms with Gasteiger partial charge >= 0.3 is 0 Å². The highest BCUT2D eigenvalue weighted by atomic mass is 19.1. The molecule has 1 aromatic carbocycles. The maximum Gasteiger partial charge on any atom is 0.249 e. The van der Waals surface area contributed by atoms with Gasteiger partial charge in [0.1, 0.15) is 5.82 Å². The summed E-state index contributed by atoms with van der Waals surface area (Å²) in [4.78, 5) is 19.6. The van der Waals surface area contributed by atoms with Crippen molar-refractivity contribution in [2.45, 2.75) is 38.6 Å². The number of rotatable bonds is 8. The van der Waals surface area contributed by atoms with Crippen LogP contribution in [0.4, 0.5) is 4.39 Å². The summed E-state index contributed by atoms with van der Waals surface area (Å²) in [6, 6.07) is 7.05. The fourth-order valence-corrected chi connectivity index (χ4v) is 4.29. The Balaban J connectivity index is 1.60. The summed E-state index contributed by atoms with van der Waals surface area (Å²) in [5.74, 6) is 0.555. The lowest BCUT2D eigenvalue weighted by Crippen LogP contribution is -2.45. The molecule has 3 rings (SSSR count). The number of likely N-dealkylation sites (N-methyl/N-ethyl adjacent to an activating group) is 1. The third kappa shape index (κ3) is 5.89. The second-order valence-electron chi connectivity index (χ2n) is 8.51. The van der Waals surface area contributed by atoms with E-state index in [1.165, 1.54) is 6.07 Å². The van der Waals surface area contributed by atoms with Crippen LogP contribution in [0.5, 0.6) is 0 Å². The minimum absolute atomic E-state index is 0.124. The molecule has 28 heavy (non-hydrogen) atoms. The smallest absolute Gasteiger partial charge is 0.249 e. The number of hydrogen-bond acceptors (Lipinski definition) is 3. The van der Waals surface area contributed by atoms with Gasteiger partial charge in [-0.3, -0.25) is 9.69 Å². The van der Waals surface area contributed by atoms with Crippen LogP contribution in [-0.4, -0.2) is 67.4 Å². The molecule has 5 heteroatoms. The minimum Gasteiger partial charge on any atom is -0.337 e. The minimum atomic E-state index is -0.124. The molecule has 0 bridgehead atoms. The lowest BCUT2D eigenvalue weighted by atomic mass is 9.96. The van der Waals surface area contributed by atoms with Crippen LogP contribution in [0.2, 0.25) is 0 Å². The Morgan fingerprint density at radius 2 is 2.04 bits per heavy atom. The lowest BCUT2D eigenvalue weighted by molar-refractivity contribution is -0.128. The average molecular weight is 388 g/mol. The molecule has 1 aliphatic carbocycles. The molecule has 0 unspecified atom stereocenters. The number of likely N-dealkylation sites (tertiary alicyclic amines) is 1. The molecule has 154 valence electrons. The van der Waals surface area contributed by atoms with Gasteiger partial charge in [-0.15, -0.1) is 0 Å². The van der Waals surface area contributed by atoms with Gasteiger partial charge in [0.2, 0.25) is 5.91 Å². The number of halogens is 1. The van der Waals surface area contributed by atoms with Gasteiger partial charge < -0.3 is 9.80 Å². The molecule has 0 aromatic heterocycles. The normalized spacial score (nSPS) is 20.4. The first-order chi connectivity index (χ1) is 13.5. The third-order valence-corrected chi connectivity index (χ3v) is 5.85. The van der Waals surface area contributed by atoms with Crippen LogP contribution in [0, 0.1) is 11.7 Å². The number of piperidine rings is 1. The summed E-state index contributed by atoms with van der Waals surface area (Å²) >= 11 is 0. The molecule has 0 spiro atoms. The van der Waals surface area contributed by atoms with Crippen molar-refractivity contribution >= 4 is 5.91 Å². The van der Waals surface area contributed by atoms with Crippen LogP contribution in [0.25, 0.3) is 0 Å². The standard InChI is InChI=1S/C23H34FN3O/c1-25(2)14-15-27(23(28)20-9-3-4-10-20)17-19-8-7-13-26(16-19)18-21-11-5-6-12-22(21)24/h5-6,9,11-12,19H,3-4,7-8,10,13-18H2,1-2H3/t19-/m0/s1. The highest BCUT2D eigenvalue weighted by Crippen LogP contribution is 2.24. The van der Waals surface area contributed by atoms with Crippen molar-refractivity contribution in [1.29, 1.82) is 0 Å². The zero-order chi connectivity index (χ0) is 19.9. The summed E-state index contributed by atoms with van der Waals surface area (Å²) < 4.78 is 14.0. The zero-order valence-corrected chi connectivity index (χ0v) is 17.4. The van der Waals surface area contributed by atoms with Gasteiger partial charge in [0.05, 0.1) is 0 Å². The van der Waals surface area contributed by atoms with Crippen LogP contribution in [0.15, 0.2) is 35.9 Å². The molecule has 4 nitrogen and oxygen atoms in total. The summed E-state index contributed by atoms with van der Waals surface area (Å²) in [5, 5.41) is 0. The average Bonchev–Trinajstić information content (AvgIpc) is 3.21. The van der Waals surface area contributed by atoms with Crippen molar-refractivity contribution in [3.05, 3.63) is 47.3 Å². The van der Waals surface area contributed by atoms with Crippen LogP contribution in [-0.2, 0) is 11.3 Å². The molecule has 0 saturated carbocycles. The van der Waals surface area contributed by atoms with Gasteiger partial charge in [-0.25, -0.2) is 4.39 Å². The fourth-order valence-electron chi connectivity index (χ4n) is 4.29. The molecule has 1 aliphatic heterocycles. The number of nitrogens with zero attached hydrogens (tertiary/aromatic N) is 3. The molecule has 2 aliphatic rings. The Kier molecular flexibility index (Phi) is 7.63. The molecule has 1 fully saturated rings. The highest BCUT2D eigenvalue weighted by molar-refractivity contribution is 5.93. The van der Waals surface area contributed by atoms with Gasteiger partial charge in [-0.1, -0.05) is 24.3 Å². The van der Waals surface area contributed by atoms with Gasteiger partial charge in [0.25, 0.3) is 0 Å². The fraction of sp³-hybridized carbons (Fsp3) is 0.609. The van der Waals surface area contributed by atoms with Crippen molar-refractivity contribution in [3.63, 3.8) is 0 Å². The number of hydrogen-bond donors (Lipinski definition) is 0. The molecular weight excluding hydrogens is 353 g/mol. The van der Waals surface area contributed by atoms with Crippen LogP contribution in [0.1, 0.15) is 37.7 Å². The molecular formula is C23H34FN3O. The topological polar surface area (TPSA) is 26.8 Å². The third-order valence-electron chi connectivity index (χ3n) is 5.85. The first kappa shape index (κ1) is 21.0. The maximum absolute atomic E-state index is 14.0. The SMILES string of the molecule is CN(C)CCN(C[C@H]1CCCN(Cc2ccccc2F)C1)C(=O)C1=CCCC1. The van der Waals surface area contributed by atoms with Crippen molar-refractivity contribution in [2.75, 3.05) is 46.8 Å². The predicted molar refractivity (Wildman–Crippen MR) is 111 cm³/mol. The zero-order valence-electron chi connectivity index (χ0n) is 17.4. The monoisotopic (exact) mass is 387 g/mol. The maximum atomic E-state index is 14.0. The molecule has 1 amide bonds. The second kappa shape index (κ2) is 10.2. The van der Waals surface area contributed by atoms with E-state index in [0.29, 0.717) is 12.5 Å². The largest absolute Gasteiger partial charge is 0.337 e. The van der Waals surface area contributed by atoms with Crippen molar-refractivity contribution in [2.24, 2.45) is 5.92 Å². The lowest BCUT2D eigenvalue weighted by Gasteiger charge is -2.36. The van der Waals surface area contributed by atoms with E-state index in [1.807, 2.05) is 26.2 Å². The number of amides is 1. The number of carbonyl (C=O) groups excluding carboxylic acids is 1. The van der Waals surface area contributed by atoms with Gasteiger partial charge in [-0.2, -0.15) is 0 Å². The van der Waals surface area contributed by atoms with Gasteiger partial charge in [0.15, 0.2) is 0 Å². The van der Waals surface area contributed by atoms with Crippen LogP contribution in [0.3, 0.4) is 0 Å². The summed E-state index contributed by atoms with van der Waals surface area (Å²) in [6.45, 7) is 5.04. The molecule has 1 atom stereocenters. The van der Waals surface area contributed by atoms with E-state index >= 15 is 0 Å². The molecule has 1 aromatic rings. The number of allylic oxidation sites excluding steroid dienone is 1. The van der Waals surface area contributed by atoms with Crippen LogP contribution < -0.4 is 0 Å². The molecule has 0 radical (unpaired) electrons. The van der Waals surface area contributed by atoms with Crippen molar-refractivity contribution in [3.8, 4) is 0 Å². The van der Waals surface area contributed by atoms with E-state index in [0.717, 1.165) is 76.0 Å². The summed E-state index contributed by atoms with van der Waals surface area (Å²) in [5.41, 5.74) is 1.76. The van der Waals surface area contributed by atoms with E-state index in [4.69, 9.17) is 0 Å². The molecule has 1 heterocycles. The van der Waals surface area contributed by atoms with E-state index in [-0.39, 0.29) is 11.7 Å². The van der Waals surface area contributed by atoms with E-state index in [2.05, 4.69) is 20.8 Å². The van der Waals surface area contributed by atoms with Crippen LogP contribution >= 0.6 is 0 Å². The Labute approximate surface area is 169 Å². The predicted octanol–water partition coefficient (Wildman–Crippen LogP) is 3.54. The van der Waals surface area contributed by atoms with Crippen molar-refractivity contribution in [1.82, 2.24) is 14.7 Å². The number of benzene rings is 1.